The average Bonchev–Trinajstić information content (AvgIpc) is 2.39. The maximum Gasteiger partial charge on any atom is -0.00584 e. The van der Waals surface area contributed by atoms with Crippen molar-refractivity contribution in [2.24, 2.45) is 16.2 Å². The third-order valence-electron chi connectivity index (χ3n) is 4.77. The van der Waals surface area contributed by atoms with Gasteiger partial charge in [0, 0.05) is 0 Å². The summed E-state index contributed by atoms with van der Waals surface area (Å²) in [4.78, 5) is 0. The van der Waals surface area contributed by atoms with E-state index in [-0.39, 0.29) is 0 Å². The van der Waals surface area contributed by atoms with Crippen LogP contribution in [0.4, 0.5) is 0 Å². The van der Waals surface area contributed by atoms with E-state index in [0.29, 0.717) is 16.2 Å². The van der Waals surface area contributed by atoms with Crippen molar-refractivity contribution in [1.82, 2.24) is 0 Å². The van der Waals surface area contributed by atoms with E-state index in [4.69, 9.17) is 0 Å². The summed E-state index contributed by atoms with van der Waals surface area (Å²) in [5.41, 5.74) is 3.16. The van der Waals surface area contributed by atoms with E-state index in [1.165, 1.54) is 19.3 Å². The van der Waals surface area contributed by atoms with Crippen molar-refractivity contribution in [1.29, 1.82) is 0 Å². The van der Waals surface area contributed by atoms with E-state index >= 15 is 0 Å². The van der Waals surface area contributed by atoms with Gasteiger partial charge in [0.25, 0.3) is 0 Å². The predicted molar refractivity (Wildman–Crippen MR) is 57.6 cm³/mol. The summed E-state index contributed by atoms with van der Waals surface area (Å²) < 4.78 is 0. The molecule has 0 amide bonds. The Morgan fingerprint density at radius 3 is 2.08 bits per heavy atom. The van der Waals surface area contributed by atoms with Crippen molar-refractivity contribution in [2.75, 3.05) is 0 Å². The second-order valence-corrected chi connectivity index (χ2v) is 6.47. The molecule has 0 aromatic heterocycles. The molecule has 0 heteroatoms. The van der Waals surface area contributed by atoms with Gasteiger partial charge in [-0.3, -0.25) is 0 Å². The number of allylic oxidation sites excluding steroid dienone is 2. The van der Waals surface area contributed by atoms with Gasteiger partial charge in [0.05, 0.1) is 0 Å². The highest BCUT2D eigenvalue weighted by molar-refractivity contribution is 5.30. The maximum atomic E-state index is 2.58. The number of rotatable bonds is 0. The molecule has 2 bridgehead atoms. The molecule has 2 aliphatic carbocycles. The van der Waals surface area contributed by atoms with E-state index < -0.39 is 0 Å². The first kappa shape index (κ1) is 9.30. The van der Waals surface area contributed by atoms with Gasteiger partial charge >= 0.3 is 0 Å². The lowest BCUT2D eigenvalue weighted by Gasteiger charge is -2.38. The van der Waals surface area contributed by atoms with Gasteiger partial charge in [-0.25, -0.2) is 0 Å². The molecule has 0 aromatic carbocycles. The van der Waals surface area contributed by atoms with Crippen LogP contribution in [-0.4, -0.2) is 0 Å². The molecule has 0 aromatic rings. The van der Waals surface area contributed by atoms with Crippen molar-refractivity contribution in [3.05, 3.63) is 11.6 Å². The quantitative estimate of drug-likeness (QED) is 0.488. The van der Waals surface area contributed by atoms with Crippen molar-refractivity contribution in [3.63, 3.8) is 0 Å². The molecule has 0 saturated heterocycles. The molecule has 2 unspecified atom stereocenters. The molecule has 1 fully saturated rings. The Kier molecular flexibility index (Phi) is 1.58. The Hall–Kier alpha value is -0.260. The molecule has 2 aliphatic rings. The second-order valence-electron chi connectivity index (χ2n) is 6.47. The second kappa shape index (κ2) is 2.21. The van der Waals surface area contributed by atoms with Crippen LogP contribution in [0.3, 0.4) is 0 Å². The fourth-order valence-corrected chi connectivity index (χ4v) is 3.28. The van der Waals surface area contributed by atoms with E-state index in [1.54, 1.807) is 5.57 Å². The van der Waals surface area contributed by atoms with Gasteiger partial charge in [0.15, 0.2) is 0 Å². The molecular formula is C13H22. The first-order valence-corrected chi connectivity index (χ1v) is 5.49. The van der Waals surface area contributed by atoms with Crippen LogP contribution >= 0.6 is 0 Å². The Morgan fingerprint density at radius 1 is 1.23 bits per heavy atom. The smallest absolute Gasteiger partial charge is 0.00584 e. The van der Waals surface area contributed by atoms with Crippen LogP contribution in [0.5, 0.6) is 0 Å². The molecule has 2 atom stereocenters. The fourth-order valence-electron chi connectivity index (χ4n) is 3.28. The van der Waals surface area contributed by atoms with Crippen LogP contribution in [0.2, 0.25) is 0 Å². The van der Waals surface area contributed by atoms with Crippen molar-refractivity contribution < 1.29 is 0 Å². The zero-order chi connectivity index (χ0) is 9.91. The summed E-state index contributed by atoms with van der Waals surface area (Å²) in [5.74, 6) is 0. The monoisotopic (exact) mass is 178 g/mol. The van der Waals surface area contributed by atoms with Crippen LogP contribution < -0.4 is 0 Å². The molecule has 0 radical (unpaired) electrons. The van der Waals surface area contributed by atoms with Gasteiger partial charge in [-0.05, 0) is 42.4 Å². The molecule has 0 spiro atoms. The average molecular weight is 178 g/mol. The lowest BCUT2D eigenvalue weighted by Crippen LogP contribution is -2.30. The van der Waals surface area contributed by atoms with Crippen molar-refractivity contribution in [3.8, 4) is 0 Å². The van der Waals surface area contributed by atoms with Crippen LogP contribution in [0, 0.1) is 16.2 Å². The largest absolute Gasteiger partial charge is 0.0783 e. The summed E-state index contributed by atoms with van der Waals surface area (Å²) in [7, 11) is 0. The first-order valence-electron chi connectivity index (χ1n) is 5.49. The van der Waals surface area contributed by atoms with Gasteiger partial charge in [-0.1, -0.05) is 39.3 Å². The fraction of sp³-hybridized carbons (Fsp3) is 0.846. The standard InChI is InChI=1S/C13H22/c1-10-8-13(11(2,3)4)7-6-12(10,5)9-13/h8H,6-7,9H2,1-5H3. The zero-order valence-electron chi connectivity index (χ0n) is 9.70. The Bertz CT molecular complexity index is 266. The normalized spacial score (nSPS) is 43.9. The first-order chi connectivity index (χ1) is 5.79. The van der Waals surface area contributed by atoms with Crippen molar-refractivity contribution >= 4 is 0 Å². The van der Waals surface area contributed by atoms with Crippen LogP contribution in [0.1, 0.15) is 53.9 Å². The van der Waals surface area contributed by atoms with Crippen LogP contribution in [0.15, 0.2) is 11.6 Å². The van der Waals surface area contributed by atoms with E-state index in [0.717, 1.165) is 0 Å². The molecule has 0 aliphatic heterocycles. The Balaban J connectivity index is 2.42. The van der Waals surface area contributed by atoms with E-state index in [1.807, 2.05) is 0 Å². The van der Waals surface area contributed by atoms with Gasteiger partial charge in [-0.15, -0.1) is 0 Å². The molecule has 0 N–H and O–H groups in total. The topological polar surface area (TPSA) is 0 Å². The highest BCUT2D eigenvalue weighted by atomic mass is 14.6. The highest BCUT2D eigenvalue weighted by Crippen LogP contribution is 2.66. The lowest BCUT2D eigenvalue weighted by molar-refractivity contribution is 0.153. The van der Waals surface area contributed by atoms with Gasteiger partial charge in [0.2, 0.25) is 0 Å². The lowest BCUT2D eigenvalue weighted by atomic mass is 9.66. The number of hydrogen-bond acceptors (Lipinski definition) is 0. The minimum Gasteiger partial charge on any atom is -0.0783 e. The molecule has 13 heavy (non-hydrogen) atoms. The minimum absolute atomic E-state index is 0.447. The van der Waals surface area contributed by atoms with Gasteiger partial charge in [-0.2, -0.15) is 0 Å². The van der Waals surface area contributed by atoms with Gasteiger partial charge < -0.3 is 0 Å². The zero-order valence-corrected chi connectivity index (χ0v) is 9.70. The van der Waals surface area contributed by atoms with Crippen molar-refractivity contribution in [2.45, 2.75) is 53.9 Å². The number of fused-ring (bicyclic) bond motifs is 2. The molecule has 0 nitrogen and oxygen atoms in total. The third kappa shape index (κ3) is 1.04. The molecule has 74 valence electrons. The third-order valence-corrected chi connectivity index (χ3v) is 4.77. The summed E-state index contributed by atoms with van der Waals surface area (Å²) in [6.07, 6.45) is 6.79. The minimum atomic E-state index is 0.447. The number of hydrogen-bond donors (Lipinski definition) is 0. The van der Waals surface area contributed by atoms with Gasteiger partial charge in [0.1, 0.15) is 0 Å². The SMILES string of the molecule is CC1=CC2(C(C)(C)C)CCC1(C)C2. The molecule has 2 rings (SSSR count). The Labute approximate surface area is 82.4 Å². The highest BCUT2D eigenvalue weighted by Gasteiger charge is 2.55. The summed E-state index contributed by atoms with van der Waals surface area (Å²) >= 11 is 0. The molecular weight excluding hydrogens is 156 g/mol. The van der Waals surface area contributed by atoms with Crippen LogP contribution in [0.25, 0.3) is 0 Å². The summed E-state index contributed by atoms with van der Waals surface area (Å²) in [5, 5.41) is 0. The van der Waals surface area contributed by atoms with Crippen LogP contribution in [-0.2, 0) is 0 Å². The van der Waals surface area contributed by atoms with E-state index in [9.17, 15) is 0 Å². The molecule has 0 heterocycles. The van der Waals surface area contributed by atoms with E-state index in [2.05, 4.69) is 40.7 Å². The summed E-state index contributed by atoms with van der Waals surface area (Å²) in [6, 6.07) is 0. The maximum absolute atomic E-state index is 2.58. The molecule has 1 saturated carbocycles. The summed E-state index contributed by atoms with van der Waals surface area (Å²) in [6.45, 7) is 12.0. The predicted octanol–water partition coefficient (Wildman–Crippen LogP) is 4.17. The Morgan fingerprint density at radius 2 is 1.85 bits per heavy atom.